The van der Waals surface area contributed by atoms with Crippen LogP contribution in [0, 0.1) is 0 Å². The molecule has 0 saturated carbocycles. The SMILES string of the molecule is CC(CC(O)c1ccco1)NC(=O)CC(C)c1ccccc1. The van der Waals surface area contributed by atoms with Crippen molar-refractivity contribution in [3.05, 3.63) is 60.1 Å². The Morgan fingerprint density at radius 3 is 2.55 bits per heavy atom. The van der Waals surface area contributed by atoms with Crippen LogP contribution in [0.1, 0.15) is 50.0 Å². The molecule has 0 radical (unpaired) electrons. The van der Waals surface area contributed by atoms with Crippen LogP contribution in [-0.2, 0) is 4.79 Å². The summed E-state index contributed by atoms with van der Waals surface area (Å²) >= 11 is 0. The third-order valence-corrected chi connectivity index (χ3v) is 3.72. The van der Waals surface area contributed by atoms with Gasteiger partial charge in [-0.2, -0.15) is 0 Å². The van der Waals surface area contributed by atoms with Crippen LogP contribution < -0.4 is 5.32 Å². The van der Waals surface area contributed by atoms with Crippen molar-refractivity contribution in [1.29, 1.82) is 0 Å². The highest BCUT2D eigenvalue weighted by molar-refractivity contribution is 5.77. The van der Waals surface area contributed by atoms with Crippen LogP contribution in [0.2, 0.25) is 0 Å². The summed E-state index contributed by atoms with van der Waals surface area (Å²) in [7, 11) is 0. The average molecular weight is 301 g/mol. The van der Waals surface area contributed by atoms with E-state index >= 15 is 0 Å². The Bertz CT molecular complexity index is 565. The maximum atomic E-state index is 12.1. The smallest absolute Gasteiger partial charge is 0.220 e. The van der Waals surface area contributed by atoms with E-state index in [0.717, 1.165) is 5.56 Å². The number of rotatable bonds is 7. The average Bonchev–Trinajstić information content (AvgIpc) is 3.02. The molecule has 3 unspecified atom stereocenters. The molecule has 0 fully saturated rings. The summed E-state index contributed by atoms with van der Waals surface area (Å²) in [6, 6.07) is 13.3. The number of carbonyl (C=O) groups is 1. The Hall–Kier alpha value is -2.07. The summed E-state index contributed by atoms with van der Waals surface area (Å²) in [5, 5.41) is 12.9. The van der Waals surface area contributed by atoms with Crippen molar-refractivity contribution >= 4 is 5.91 Å². The summed E-state index contributed by atoms with van der Waals surface area (Å²) in [6.07, 6.45) is 1.70. The Balaban J connectivity index is 1.79. The normalized spacial score (nSPS) is 15.0. The molecule has 118 valence electrons. The molecule has 3 atom stereocenters. The molecule has 1 aromatic heterocycles. The third-order valence-electron chi connectivity index (χ3n) is 3.72. The zero-order valence-corrected chi connectivity index (χ0v) is 13.0. The van der Waals surface area contributed by atoms with Crippen LogP contribution in [-0.4, -0.2) is 17.1 Å². The summed E-state index contributed by atoms with van der Waals surface area (Å²) in [4.78, 5) is 12.1. The molecule has 22 heavy (non-hydrogen) atoms. The van der Waals surface area contributed by atoms with Crippen LogP contribution in [0.5, 0.6) is 0 Å². The molecule has 2 aromatic rings. The molecule has 0 aliphatic carbocycles. The Morgan fingerprint density at radius 1 is 1.18 bits per heavy atom. The van der Waals surface area contributed by atoms with E-state index in [1.807, 2.05) is 44.2 Å². The molecule has 2 rings (SSSR count). The number of carbonyl (C=O) groups excluding carboxylic acids is 1. The second kappa shape index (κ2) is 7.80. The predicted molar refractivity (Wildman–Crippen MR) is 85.4 cm³/mol. The molecule has 4 heteroatoms. The minimum atomic E-state index is -0.697. The number of aliphatic hydroxyl groups is 1. The fraction of sp³-hybridized carbons (Fsp3) is 0.389. The topological polar surface area (TPSA) is 62.5 Å². The first-order valence-corrected chi connectivity index (χ1v) is 7.62. The van der Waals surface area contributed by atoms with Crippen molar-refractivity contribution in [2.45, 2.75) is 44.8 Å². The molecule has 2 N–H and O–H groups in total. The molecule has 0 aliphatic rings. The lowest BCUT2D eigenvalue weighted by Crippen LogP contribution is -2.34. The van der Waals surface area contributed by atoms with Crippen LogP contribution in [0.4, 0.5) is 0 Å². The van der Waals surface area contributed by atoms with Crippen LogP contribution in [0.3, 0.4) is 0 Å². The van der Waals surface area contributed by atoms with Crippen LogP contribution in [0.15, 0.2) is 53.1 Å². The summed E-state index contributed by atoms with van der Waals surface area (Å²) in [5.41, 5.74) is 1.15. The van der Waals surface area contributed by atoms with E-state index in [4.69, 9.17) is 4.42 Å². The molecule has 1 heterocycles. The van der Waals surface area contributed by atoms with Crippen LogP contribution in [0.25, 0.3) is 0 Å². The quantitative estimate of drug-likeness (QED) is 0.824. The van der Waals surface area contributed by atoms with Gasteiger partial charge in [-0.05, 0) is 30.5 Å². The number of nitrogens with one attached hydrogen (secondary N) is 1. The molecule has 4 nitrogen and oxygen atoms in total. The van der Waals surface area contributed by atoms with E-state index in [0.29, 0.717) is 18.6 Å². The van der Waals surface area contributed by atoms with Gasteiger partial charge in [0.25, 0.3) is 0 Å². The predicted octanol–water partition coefficient (Wildman–Crippen LogP) is 3.40. The van der Waals surface area contributed by atoms with Gasteiger partial charge >= 0.3 is 0 Å². The lowest BCUT2D eigenvalue weighted by Gasteiger charge is -2.18. The maximum absolute atomic E-state index is 12.1. The molecular weight excluding hydrogens is 278 g/mol. The lowest BCUT2D eigenvalue weighted by molar-refractivity contribution is -0.122. The second-order valence-electron chi connectivity index (χ2n) is 5.75. The van der Waals surface area contributed by atoms with Crippen molar-refractivity contribution in [3.8, 4) is 0 Å². The molecule has 0 saturated heterocycles. The maximum Gasteiger partial charge on any atom is 0.220 e. The number of amides is 1. The fourth-order valence-electron chi connectivity index (χ4n) is 2.50. The lowest BCUT2D eigenvalue weighted by atomic mass is 9.97. The highest BCUT2D eigenvalue weighted by Gasteiger charge is 2.17. The van der Waals surface area contributed by atoms with E-state index in [1.54, 1.807) is 12.1 Å². The highest BCUT2D eigenvalue weighted by Crippen LogP contribution is 2.20. The van der Waals surface area contributed by atoms with E-state index in [2.05, 4.69) is 5.32 Å². The van der Waals surface area contributed by atoms with E-state index in [-0.39, 0.29) is 17.9 Å². The van der Waals surface area contributed by atoms with Gasteiger partial charge in [0.05, 0.1) is 6.26 Å². The zero-order valence-electron chi connectivity index (χ0n) is 13.0. The number of furan rings is 1. The van der Waals surface area contributed by atoms with Gasteiger partial charge < -0.3 is 14.8 Å². The first-order valence-electron chi connectivity index (χ1n) is 7.62. The fourth-order valence-corrected chi connectivity index (χ4v) is 2.50. The monoisotopic (exact) mass is 301 g/mol. The van der Waals surface area contributed by atoms with Gasteiger partial charge in [-0.25, -0.2) is 0 Å². The third kappa shape index (κ3) is 4.74. The summed E-state index contributed by atoms with van der Waals surface area (Å²) in [6.45, 7) is 3.93. The molecule has 0 bridgehead atoms. The second-order valence-corrected chi connectivity index (χ2v) is 5.75. The molecule has 1 amide bonds. The Kier molecular flexibility index (Phi) is 5.78. The first kappa shape index (κ1) is 16.3. The minimum absolute atomic E-state index is 0.00417. The van der Waals surface area contributed by atoms with Gasteiger partial charge in [-0.1, -0.05) is 37.3 Å². The van der Waals surface area contributed by atoms with E-state index in [9.17, 15) is 9.90 Å². The van der Waals surface area contributed by atoms with Gasteiger partial charge in [-0.3, -0.25) is 4.79 Å². The zero-order chi connectivity index (χ0) is 15.9. The van der Waals surface area contributed by atoms with Crippen molar-refractivity contribution < 1.29 is 14.3 Å². The molecule has 1 aromatic carbocycles. The highest BCUT2D eigenvalue weighted by atomic mass is 16.4. The first-order chi connectivity index (χ1) is 10.6. The van der Waals surface area contributed by atoms with Crippen LogP contribution >= 0.6 is 0 Å². The van der Waals surface area contributed by atoms with Gasteiger partial charge in [0.15, 0.2) is 0 Å². The van der Waals surface area contributed by atoms with Crippen molar-refractivity contribution in [3.63, 3.8) is 0 Å². The largest absolute Gasteiger partial charge is 0.467 e. The Morgan fingerprint density at radius 2 is 1.91 bits per heavy atom. The number of hydrogen-bond acceptors (Lipinski definition) is 3. The molecule has 0 spiro atoms. The molecular formula is C18H23NO3. The van der Waals surface area contributed by atoms with E-state index in [1.165, 1.54) is 6.26 Å². The van der Waals surface area contributed by atoms with Gasteiger partial charge in [0.2, 0.25) is 5.91 Å². The molecule has 0 aliphatic heterocycles. The van der Waals surface area contributed by atoms with E-state index < -0.39 is 6.10 Å². The van der Waals surface area contributed by atoms with Gasteiger partial charge in [0, 0.05) is 18.9 Å². The van der Waals surface area contributed by atoms with Gasteiger partial charge in [0.1, 0.15) is 11.9 Å². The number of aliphatic hydroxyl groups excluding tert-OH is 1. The summed E-state index contributed by atoms with van der Waals surface area (Å²) < 4.78 is 5.16. The van der Waals surface area contributed by atoms with Crippen molar-refractivity contribution in [2.75, 3.05) is 0 Å². The van der Waals surface area contributed by atoms with Gasteiger partial charge in [-0.15, -0.1) is 0 Å². The number of hydrogen-bond donors (Lipinski definition) is 2. The Labute approximate surface area is 131 Å². The van der Waals surface area contributed by atoms with Crippen molar-refractivity contribution in [1.82, 2.24) is 5.32 Å². The van der Waals surface area contributed by atoms with Crippen molar-refractivity contribution in [2.24, 2.45) is 0 Å². The number of benzene rings is 1. The standard InChI is InChI=1S/C18H23NO3/c1-13(15-7-4-3-5-8-15)11-18(21)19-14(2)12-16(20)17-9-6-10-22-17/h3-10,13-14,16,20H,11-12H2,1-2H3,(H,19,21). The summed E-state index contributed by atoms with van der Waals surface area (Å²) in [5.74, 6) is 0.692. The minimum Gasteiger partial charge on any atom is -0.467 e.